The predicted octanol–water partition coefficient (Wildman–Crippen LogP) is 6.38. The van der Waals surface area contributed by atoms with Gasteiger partial charge >= 0.3 is 0 Å². The average molecular weight is 318 g/mol. The second-order valence-electron chi connectivity index (χ2n) is 8.40. The molecular weight excluding hydrogens is 280 g/mol. The summed E-state index contributed by atoms with van der Waals surface area (Å²) in [6, 6.07) is 6.15. The van der Waals surface area contributed by atoms with Gasteiger partial charge in [0.2, 0.25) is 0 Å². The topological polar surface area (TPSA) is 9.23 Å². The van der Waals surface area contributed by atoms with Crippen molar-refractivity contribution in [1.82, 2.24) is 0 Å². The van der Waals surface area contributed by atoms with Gasteiger partial charge in [0.25, 0.3) is 0 Å². The van der Waals surface area contributed by atoms with Crippen molar-refractivity contribution in [1.29, 1.82) is 0 Å². The summed E-state index contributed by atoms with van der Waals surface area (Å²) < 4.78 is 45.1. The van der Waals surface area contributed by atoms with Gasteiger partial charge in [0.15, 0.2) is 0 Å². The zero-order valence-corrected chi connectivity index (χ0v) is 15.0. The molecule has 3 rings (SSSR count). The first-order valence-electron chi connectivity index (χ1n) is 11.1. The van der Waals surface area contributed by atoms with Gasteiger partial charge in [-0.1, -0.05) is 50.9 Å². The molecule has 0 fully saturated rings. The second-order valence-corrected chi connectivity index (χ2v) is 8.40. The molecule has 1 aliphatic heterocycles. The Bertz CT molecular complexity index is 789. The van der Waals surface area contributed by atoms with E-state index in [4.69, 9.17) is 11.6 Å². The maximum Gasteiger partial charge on any atom is 0.123 e. The maximum absolute atomic E-state index is 8.04. The van der Waals surface area contributed by atoms with Gasteiger partial charge in [-0.15, -0.1) is 0 Å². The van der Waals surface area contributed by atoms with Crippen molar-refractivity contribution in [3.05, 3.63) is 41.0 Å². The van der Waals surface area contributed by atoms with Crippen molar-refractivity contribution in [3.8, 4) is 5.75 Å². The van der Waals surface area contributed by atoms with Crippen LogP contribution in [0.15, 0.2) is 29.8 Å². The van der Waals surface area contributed by atoms with Crippen molar-refractivity contribution < 1.29 is 11.6 Å². The minimum Gasteiger partial charge on any atom is -0.487 e. The fourth-order valence-electron chi connectivity index (χ4n) is 4.19. The molecule has 1 aliphatic carbocycles. The van der Waals surface area contributed by atoms with Crippen LogP contribution in [-0.2, 0) is 5.41 Å². The Labute approximate surface area is 149 Å². The molecule has 0 spiro atoms. The molecule has 1 heterocycles. The number of benzene rings is 1. The quantitative estimate of drug-likeness (QED) is 0.588. The van der Waals surface area contributed by atoms with Crippen LogP contribution < -0.4 is 4.74 Å². The summed E-state index contributed by atoms with van der Waals surface area (Å²) >= 11 is 0. The van der Waals surface area contributed by atoms with Gasteiger partial charge in [-0.25, -0.2) is 0 Å². The summed E-state index contributed by atoms with van der Waals surface area (Å²) in [6.45, 7) is 7.65. The van der Waals surface area contributed by atoms with E-state index in [2.05, 4.69) is 32.9 Å². The van der Waals surface area contributed by atoms with E-state index in [0.29, 0.717) is 11.8 Å². The van der Waals surface area contributed by atoms with Crippen molar-refractivity contribution in [2.45, 2.75) is 84.0 Å². The van der Waals surface area contributed by atoms with Crippen LogP contribution in [0.4, 0.5) is 0 Å². The Morgan fingerprint density at radius 3 is 2.91 bits per heavy atom. The lowest BCUT2D eigenvalue weighted by Gasteiger charge is -2.47. The van der Waals surface area contributed by atoms with Gasteiger partial charge in [0.1, 0.15) is 11.4 Å². The molecule has 0 radical (unpaired) electrons. The molecule has 23 heavy (non-hydrogen) atoms. The molecule has 1 aromatic rings. The van der Waals surface area contributed by atoms with E-state index in [1.165, 1.54) is 11.1 Å². The van der Waals surface area contributed by atoms with Crippen molar-refractivity contribution in [2.75, 3.05) is 0 Å². The first kappa shape index (κ1) is 11.3. The lowest BCUT2D eigenvalue weighted by Crippen LogP contribution is -2.45. The highest BCUT2D eigenvalue weighted by Crippen LogP contribution is 2.51. The molecule has 1 nitrogen and oxygen atoms in total. The maximum atomic E-state index is 8.04. The number of hydrogen-bond donors (Lipinski definition) is 0. The van der Waals surface area contributed by atoms with Crippen molar-refractivity contribution in [3.63, 3.8) is 0 Å². The largest absolute Gasteiger partial charge is 0.487 e. The molecule has 0 amide bonds. The lowest BCUT2D eigenvalue weighted by atomic mass is 9.67. The smallest absolute Gasteiger partial charge is 0.123 e. The third-order valence-corrected chi connectivity index (χ3v) is 5.74. The fraction of sp³-hybridized carbons (Fsp3) is 0.636. The number of rotatable bonds is 3. The first-order chi connectivity index (χ1) is 12.6. The van der Waals surface area contributed by atoms with Gasteiger partial charge in [-0.05, 0) is 68.6 Å². The second kappa shape index (κ2) is 5.69. The van der Waals surface area contributed by atoms with Gasteiger partial charge < -0.3 is 4.74 Å². The number of hydrogen-bond acceptors (Lipinski definition) is 1. The molecule has 0 unspecified atom stereocenters. The lowest BCUT2D eigenvalue weighted by molar-refractivity contribution is 0.00837. The van der Waals surface area contributed by atoms with E-state index in [1.807, 2.05) is 26.0 Å². The highest BCUT2D eigenvalue weighted by Gasteiger charge is 2.44. The van der Waals surface area contributed by atoms with Crippen LogP contribution in [0.1, 0.15) is 91.0 Å². The van der Waals surface area contributed by atoms with Crippen LogP contribution in [0.25, 0.3) is 0 Å². The summed E-state index contributed by atoms with van der Waals surface area (Å²) in [7, 11) is 0. The molecular formula is C22H32O. The molecule has 0 aromatic heterocycles. The Morgan fingerprint density at radius 1 is 1.39 bits per heavy atom. The van der Waals surface area contributed by atoms with Crippen LogP contribution in [0.5, 0.6) is 5.75 Å². The molecule has 0 saturated heterocycles. The van der Waals surface area contributed by atoms with Crippen LogP contribution in [-0.4, -0.2) is 5.60 Å². The van der Waals surface area contributed by atoms with Gasteiger partial charge in [-0.2, -0.15) is 0 Å². The number of fused-ring (bicyclic) bond motifs is 3. The third kappa shape index (κ3) is 2.95. The molecule has 0 saturated carbocycles. The Kier molecular flexibility index (Phi) is 2.80. The zero-order chi connectivity index (χ0) is 21.1. The normalized spacial score (nSPS) is 30.3. The zero-order valence-electron chi connectivity index (χ0n) is 20.0. The van der Waals surface area contributed by atoms with Gasteiger partial charge in [0, 0.05) is 12.8 Å². The van der Waals surface area contributed by atoms with E-state index in [9.17, 15) is 0 Å². The monoisotopic (exact) mass is 317 g/mol. The van der Waals surface area contributed by atoms with E-state index >= 15 is 0 Å². The number of allylic oxidation sites excluding steroid dienone is 2. The predicted molar refractivity (Wildman–Crippen MR) is 98.3 cm³/mol. The van der Waals surface area contributed by atoms with Crippen molar-refractivity contribution >= 4 is 0 Å². The minimum atomic E-state index is -2.64. The number of ether oxygens (including phenoxy) is 1. The van der Waals surface area contributed by atoms with Crippen LogP contribution in [0.2, 0.25) is 0 Å². The Morgan fingerprint density at radius 2 is 2.17 bits per heavy atom. The van der Waals surface area contributed by atoms with Crippen LogP contribution in [0.3, 0.4) is 0 Å². The molecule has 0 bridgehead atoms. The van der Waals surface area contributed by atoms with E-state index in [-0.39, 0.29) is 12.0 Å². The highest BCUT2D eigenvalue weighted by molar-refractivity contribution is 5.46. The van der Waals surface area contributed by atoms with Gasteiger partial charge in [0.05, 0.1) is 0 Å². The highest BCUT2D eigenvalue weighted by atomic mass is 16.5. The minimum absolute atomic E-state index is 0.0768. The molecule has 2 atom stereocenters. The van der Waals surface area contributed by atoms with E-state index in [0.717, 1.165) is 24.2 Å². The SMILES string of the molecule is [2H]C([2H])([2H])C([2H])([2H])CC(C)(C)c1ccc2c(c1)OC(C)(C)[C@@H]1CC=C(C)C[C@@H]21. The molecule has 1 aromatic carbocycles. The van der Waals surface area contributed by atoms with Crippen LogP contribution in [0, 0.1) is 5.92 Å². The summed E-state index contributed by atoms with van der Waals surface area (Å²) in [5.74, 6) is 1.72. The van der Waals surface area contributed by atoms with E-state index in [1.54, 1.807) is 0 Å². The fourth-order valence-corrected chi connectivity index (χ4v) is 4.19. The summed E-state index contributed by atoms with van der Waals surface area (Å²) in [4.78, 5) is 0. The third-order valence-electron chi connectivity index (χ3n) is 5.74. The average Bonchev–Trinajstić information content (AvgIpc) is 2.51. The molecule has 126 valence electrons. The summed E-state index contributed by atoms with van der Waals surface area (Å²) in [6.07, 6.45) is 2.06. The molecule has 0 N–H and O–H groups in total. The first-order valence-corrected chi connectivity index (χ1v) is 8.63. The molecule has 2 aliphatic rings. The van der Waals surface area contributed by atoms with Crippen LogP contribution >= 0.6 is 0 Å². The van der Waals surface area contributed by atoms with E-state index < -0.39 is 18.6 Å². The summed E-state index contributed by atoms with van der Waals surface area (Å²) in [5.41, 5.74) is 2.65. The standard InChI is InChI=1S/C22H32O/c1-7-12-21(3,4)16-9-10-17-18-13-15(2)8-11-19(18)22(5,6)23-20(17)14-16/h8-10,14,18-19H,7,11-13H2,1-6H3/t18-,19+/m0/s1/i1D3,7D2. The Hall–Kier alpha value is -1.24. The Balaban J connectivity index is 1.97. The van der Waals surface area contributed by atoms with Crippen molar-refractivity contribution in [2.24, 2.45) is 5.92 Å². The summed E-state index contributed by atoms with van der Waals surface area (Å²) in [5, 5.41) is 0. The van der Waals surface area contributed by atoms with Gasteiger partial charge in [-0.3, -0.25) is 0 Å². The molecule has 1 heteroatoms.